The predicted molar refractivity (Wildman–Crippen MR) is 101 cm³/mol. The third-order valence-electron chi connectivity index (χ3n) is 4.38. The molecule has 0 spiro atoms. The average molecular weight is 439 g/mol. The molecule has 2 N–H and O–H groups in total. The maximum absolute atomic E-state index is 13.1. The van der Waals surface area contributed by atoms with E-state index in [0.717, 1.165) is 12.1 Å². The normalized spacial score (nSPS) is 13.2. The molecule has 2 heterocycles. The molecular formula is C20H20F3N3O5. The van der Waals surface area contributed by atoms with Crippen LogP contribution in [-0.2, 0) is 0 Å². The van der Waals surface area contributed by atoms with E-state index in [2.05, 4.69) is 20.4 Å². The number of halogens is 3. The number of alkyl halides is 3. The minimum absolute atomic E-state index is 0.0928. The van der Waals surface area contributed by atoms with Gasteiger partial charge in [-0.1, -0.05) is 22.4 Å². The number of ether oxygens (including phenoxy) is 1. The van der Waals surface area contributed by atoms with Gasteiger partial charge in [0.15, 0.2) is 5.69 Å². The standard InChI is InChI=1S/C20H20F3N3O5/c1-10-9-14(26-30-10)16-15(11(2)25-31-16)18(27)24-17(19(3,4)28)12-5-7-13(8-6-12)29-20(21,22)23/h5-9,17,28H,1-4H3,(H,24,27)/t17-/m0/s1. The number of aromatic nitrogens is 2. The van der Waals surface area contributed by atoms with Crippen molar-refractivity contribution in [2.75, 3.05) is 0 Å². The monoisotopic (exact) mass is 439 g/mol. The molecule has 1 atom stereocenters. The van der Waals surface area contributed by atoms with E-state index >= 15 is 0 Å². The van der Waals surface area contributed by atoms with Gasteiger partial charge in [-0.3, -0.25) is 4.79 Å². The molecule has 0 saturated heterocycles. The van der Waals surface area contributed by atoms with Gasteiger partial charge in [0.2, 0.25) is 5.76 Å². The maximum Gasteiger partial charge on any atom is 0.573 e. The molecule has 0 radical (unpaired) electrons. The second-order valence-corrected chi connectivity index (χ2v) is 7.47. The first-order chi connectivity index (χ1) is 14.3. The Kier molecular flexibility index (Phi) is 5.81. The van der Waals surface area contributed by atoms with Gasteiger partial charge in [-0.05, 0) is 45.4 Å². The molecule has 31 heavy (non-hydrogen) atoms. The van der Waals surface area contributed by atoms with Gasteiger partial charge in [0, 0.05) is 6.07 Å². The van der Waals surface area contributed by atoms with Gasteiger partial charge >= 0.3 is 6.36 Å². The predicted octanol–water partition coefficient (Wildman–Crippen LogP) is 4.09. The summed E-state index contributed by atoms with van der Waals surface area (Å²) in [4.78, 5) is 13.1. The van der Waals surface area contributed by atoms with Crippen LogP contribution in [0.1, 0.15) is 47.3 Å². The van der Waals surface area contributed by atoms with E-state index in [9.17, 15) is 23.1 Å². The first kappa shape index (κ1) is 22.3. The van der Waals surface area contributed by atoms with Crippen molar-refractivity contribution in [1.29, 1.82) is 0 Å². The molecule has 11 heteroatoms. The van der Waals surface area contributed by atoms with Gasteiger partial charge in [0.05, 0.1) is 17.3 Å². The number of aliphatic hydroxyl groups is 1. The van der Waals surface area contributed by atoms with Crippen molar-refractivity contribution in [2.45, 2.75) is 45.7 Å². The molecule has 166 valence electrons. The lowest BCUT2D eigenvalue weighted by Crippen LogP contribution is -2.42. The molecule has 0 unspecified atom stereocenters. The summed E-state index contributed by atoms with van der Waals surface area (Å²) in [6.45, 7) is 6.16. The molecule has 2 aromatic heterocycles. The van der Waals surface area contributed by atoms with E-state index in [1.165, 1.54) is 26.0 Å². The fourth-order valence-electron chi connectivity index (χ4n) is 3.02. The summed E-state index contributed by atoms with van der Waals surface area (Å²) < 4.78 is 51.3. The second-order valence-electron chi connectivity index (χ2n) is 7.47. The minimum atomic E-state index is -4.83. The Balaban J connectivity index is 1.89. The molecule has 3 aromatic rings. The Labute approximate surface area is 175 Å². The van der Waals surface area contributed by atoms with Crippen molar-refractivity contribution in [3.63, 3.8) is 0 Å². The lowest BCUT2D eigenvalue weighted by molar-refractivity contribution is -0.274. The lowest BCUT2D eigenvalue weighted by Gasteiger charge is -2.30. The van der Waals surface area contributed by atoms with Gasteiger partial charge < -0.3 is 24.2 Å². The quantitative estimate of drug-likeness (QED) is 0.595. The number of carbonyl (C=O) groups is 1. The van der Waals surface area contributed by atoms with Crippen LogP contribution in [0.5, 0.6) is 5.75 Å². The van der Waals surface area contributed by atoms with Gasteiger partial charge in [0.1, 0.15) is 17.1 Å². The van der Waals surface area contributed by atoms with Crippen LogP contribution in [0, 0.1) is 13.8 Å². The van der Waals surface area contributed by atoms with E-state index in [4.69, 9.17) is 9.05 Å². The highest BCUT2D eigenvalue weighted by Crippen LogP contribution is 2.31. The number of hydrogen-bond donors (Lipinski definition) is 2. The summed E-state index contributed by atoms with van der Waals surface area (Å²) in [6, 6.07) is 5.45. The second kappa shape index (κ2) is 8.06. The number of hydrogen-bond acceptors (Lipinski definition) is 7. The molecule has 0 aliphatic rings. The van der Waals surface area contributed by atoms with Crippen molar-refractivity contribution in [3.8, 4) is 17.2 Å². The van der Waals surface area contributed by atoms with E-state index in [-0.39, 0.29) is 22.7 Å². The summed E-state index contributed by atoms with van der Waals surface area (Å²) >= 11 is 0. The Morgan fingerprint density at radius 1 is 1.13 bits per heavy atom. The van der Waals surface area contributed by atoms with Crippen molar-refractivity contribution in [3.05, 3.63) is 52.9 Å². The van der Waals surface area contributed by atoms with E-state index < -0.39 is 29.7 Å². The SMILES string of the molecule is Cc1cc(-c2onc(C)c2C(=O)N[C@@H](c2ccc(OC(F)(F)F)cc2)C(C)(C)O)no1. The first-order valence-electron chi connectivity index (χ1n) is 9.14. The number of aryl methyl sites for hydroxylation is 2. The molecule has 0 aliphatic carbocycles. The van der Waals surface area contributed by atoms with Crippen LogP contribution >= 0.6 is 0 Å². The molecular weight excluding hydrogens is 419 g/mol. The smallest absolute Gasteiger partial charge is 0.406 e. The van der Waals surface area contributed by atoms with Crippen LogP contribution in [0.3, 0.4) is 0 Å². The minimum Gasteiger partial charge on any atom is -0.406 e. The summed E-state index contributed by atoms with van der Waals surface area (Å²) in [6.07, 6.45) is -4.83. The number of nitrogens with one attached hydrogen (secondary N) is 1. The molecule has 0 aliphatic heterocycles. The zero-order valence-corrected chi connectivity index (χ0v) is 17.1. The van der Waals surface area contributed by atoms with Crippen LogP contribution in [-0.4, -0.2) is 33.3 Å². The van der Waals surface area contributed by atoms with Crippen molar-refractivity contribution in [2.24, 2.45) is 0 Å². The van der Waals surface area contributed by atoms with Gasteiger partial charge in [-0.15, -0.1) is 13.2 Å². The molecule has 3 rings (SSSR count). The third-order valence-corrected chi connectivity index (χ3v) is 4.38. The Morgan fingerprint density at radius 3 is 2.29 bits per heavy atom. The van der Waals surface area contributed by atoms with E-state index in [0.29, 0.717) is 11.3 Å². The van der Waals surface area contributed by atoms with Crippen LogP contribution in [0.4, 0.5) is 13.2 Å². The lowest BCUT2D eigenvalue weighted by atomic mass is 9.91. The number of amides is 1. The molecule has 0 saturated carbocycles. The fraction of sp³-hybridized carbons (Fsp3) is 0.350. The van der Waals surface area contributed by atoms with Gasteiger partial charge in [-0.25, -0.2) is 0 Å². The van der Waals surface area contributed by atoms with Gasteiger partial charge in [-0.2, -0.15) is 0 Å². The summed E-state index contributed by atoms with van der Waals surface area (Å²) in [7, 11) is 0. The molecule has 1 aromatic carbocycles. The first-order valence-corrected chi connectivity index (χ1v) is 9.14. The molecule has 1 amide bonds. The Morgan fingerprint density at radius 2 is 1.77 bits per heavy atom. The zero-order valence-electron chi connectivity index (χ0n) is 17.1. The van der Waals surface area contributed by atoms with Crippen LogP contribution in [0.2, 0.25) is 0 Å². The molecule has 8 nitrogen and oxygen atoms in total. The summed E-state index contributed by atoms with van der Waals surface area (Å²) in [5.74, 6) is -0.436. The van der Waals surface area contributed by atoms with Crippen molar-refractivity contribution < 1.29 is 36.9 Å². The molecule has 0 fully saturated rings. The number of rotatable bonds is 6. The fourth-order valence-corrected chi connectivity index (χ4v) is 3.02. The topological polar surface area (TPSA) is 111 Å². The van der Waals surface area contributed by atoms with Gasteiger partial charge in [0.25, 0.3) is 5.91 Å². The highest BCUT2D eigenvalue weighted by atomic mass is 19.4. The summed E-state index contributed by atoms with van der Waals surface area (Å²) in [5, 5.41) is 20.9. The highest BCUT2D eigenvalue weighted by molar-refractivity contribution is 6.00. The zero-order chi connectivity index (χ0) is 23.0. The third kappa shape index (κ3) is 5.23. The maximum atomic E-state index is 13.1. The van der Waals surface area contributed by atoms with Crippen molar-refractivity contribution in [1.82, 2.24) is 15.6 Å². The largest absolute Gasteiger partial charge is 0.573 e. The highest BCUT2D eigenvalue weighted by Gasteiger charge is 2.34. The Hall–Kier alpha value is -3.34. The summed E-state index contributed by atoms with van der Waals surface area (Å²) in [5.41, 5.74) is -0.436. The van der Waals surface area contributed by atoms with Crippen LogP contribution in [0.15, 0.2) is 39.4 Å². The number of nitrogens with zero attached hydrogens (tertiary/aromatic N) is 2. The van der Waals surface area contributed by atoms with Crippen LogP contribution < -0.4 is 10.1 Å². The Bertz CT molecular complexity index is 1070. The average Bonchev–Trinajstić information content (AvgIpc) is 3.23. The molecule has 0 bridgehead atoms. The number of benzene rings is 1. The van der Waals surface area contributed by atoms with Crippen LogP contribution in [0.25, 0.3) is 11.5 Å². The van der Waals surface area contributed by atoms with Crippen molar-refractivity contribution >= 4 is 5.91 Å². The number of carbonyl (C=O) groups excluding carboxylic acids is 1. The van der Waals surface area contributed by atoms with E-state index in [1.54, 1.807) is 19.9 Å². The van der Waals surface area contributed by atoms with E-state index in [1.807, 2.05) is 0 Å².